The molecule has 3 aliphatic rings. The average Bonchev–Trinajstić information content (AvgIpc) is 3.27. The van der Waals surface area contributed by atoms with Gasteiger partial charge in [-0.2, -0.15) is 0 Å². The van der Waals surface area contributed by atoms with Crippen LogP contribution in [0.2, 0.25) is 5.02 Å². The zero-order valence-corrected chi connectivity index (χ0v) is 16.5. The number of aromatic nitrogens is 1. The van der Waals surface area contributed by atoms with Gasteiger partial charge in [0.25, 0.3) is 0 Å². The minimum absolute atomic E-state index is 0.247. The molecule has 6 rings (SSSR count). The Bertz CT molecular complexity index is 1120. The predicted molar refractivity (Wildman–Crippen MR) is 110 cm³/mol. The predicted octanol–water partition coefficient (Wildman–Crippen LogP) is 4.20. The molecule has 5 nitrogen and oxygen atoms in total. The Balaban J connectivity index is 1.45. The maximum atomic E-state index is 6.40. The van der Waals surface area contributed by atoms with Crippen LogP contribution in [-0.4, -0.2) is 31.3 Å². The molecule has 0 aliphatic carbocycles. The maximum absolute atomic E-state index is 6.40. The first-order valence-corrected chi connectivity index (χ1v) is 10.1. The third-order valence-corrected chi connectivity index (χ3v) is 6.37. The number of benzene rings is 2. The van der Waals surface area contributed by atoms with Crippen LogP contribution in [0.5, 0.6) is 17.2 Å². The lowest BCUT2D eigenvalue weighted by atomic mass is 9.77. The van der Waals surface area contributed by atoms with Crippen molar-refractivity contribution < 1.29 is 14.2 Å². The van der Waals surface area contributed by atoms with Crippen LogP contribution in [0.15, 0.2) is 54.7 Å². The molecule has 0 radical (unpaired) electrons. The minimum Gasteiger partial charge on any atom is -0.492 e. The molecule has 3 aliphatic heterocycles. The first kappa shape index (κ1) is 17.0. The molecule has 0 amide bonds. The van der Waals surface area contributed by atoms with Gasteiger partial charge >= 0.3 is 0 Å². The number of nitrogens with zero attached hydrogens (tertiary/aromatic N) is 2. The summed E-state index contributed by atoms with van der Waals surface area (Å²) in [4.78, 5) is 6.84. The molecule has 2 aromatic carbocycles. The molecule has 29 heavy (non-hydrogen) atoms. The minimum atomic E-state index is -0.247. The summed E-state index contributed by atoms with van der Waals surface area (Å²) in [6.07, 6.45) is 1.79. The Hall–Kier alpha value is -2.92. The number of anilines is 1. The molecular weight excluding hydrogens is 388 g/mol. The second-order valence-corrected chi connectivity index (χ2v) is 8.08. The van der Waals surface area contributed by atoms with Gasteiger partial charge < -0.3 is 19.1 Å². The Labute approximate surface area is 173 Å². The summed E-state index contributed by atoms with van der Waals surface area (Å²) < 4.78 is 17.8. The Kier molecular flexibility index (Phi) is 3.68. The second kappa shape index (κ2) is 6.29. The SMILES string of the molecule is Clc1cccnc1CN1CC2(COc3cc4c(cc32)OCCO4)c2ccccc21. The first-order valence-electron chi connectivity index (χ1n) is 9.75. The van der Waals surface area contributed by atoms with E-state index >= 15 is 0 Å². The standard InChI is InChI=1S/C23H19ClN2O3/c24-17-5-3-7-25-18(17)12-26-13-23(15-4-1-2-6-19(15)26)14-29-20-11-22-21(10-16(20)23)27-8-9-28-22/h1-7,10-11H,8-9,12-14H2. The average molecular weight is 407 g/mol. The van der Waals surface area contributed by atoms with Gasteiger partial charge in [-0.25, -0.2) is 0 Å². The van der Waals surface area contributed by atoms with Crippen molar-refractivity contribution in [1.29, 1.82) is 0 Å². The summed E-state index contributed by atoms with van der Waals surface area (Å²) in [6, 6.07) is 16.3. The van der Waals surface area contributed by atoms with Gasteiger partial charge in [0.2, 0.25) is 0 Å². The highest BCUT2D eigenvalue weighted by molar-refractivity contribution is 6.31. The molecule has 146 valence electrons. The number of ether oxygens (including phenoxy) is 3. The van der Waals surface area contributed by atoms with E-state index in [0.717, 1.165) is 35.1 Å². The van der Waals surface area contributed by atoms with Crippen LogP contribution in [0, 0.1) is 0 Å². The van der Waals surface area contributed by atoms with Gasteiger partial charge in [-0.15, -0.1) is 0 Å². The number of halogens is 1. The summed E-state index contributed by atoms with van der Waals surface area (Å²) in [6.45, 7) is 3.18. The Morgan fingerprint density at radius 3 is 2.62 bits per heavy atom. The van der Waals surface area contributed by atoms with E-state index in [1.165, 1.54) is 11.3 Å². The second-order valence-electron chi connectivity index (χ2n) is 7.67. The largest absolute Gasteiger partial charge is 0.492 e. The van der Waals surface area contributed by atoms with Gasteiger partial charge in [-0.3, -0.25) is 4.98 Å². The lowest BCUT2D eigenvalue weighted by Crippen LogP contribution is -2.36. The third-order valence-electron chi connectivity index (χ3n) is 6.03. The number of para-hydroxylation sites is 1. The van der Waals surface area contributed by atoms with Crippen molar-refractivity contribution in [3.05, 3.63) is 76.6 Å². The van der Waals surface area contributed by atoms with Crippen LogP contribution < -0.4 is 19.1 Å². The van der Waals surface area contributed by atoms with Crippen molar-refractivity contribution in [2.45, 2.75) is 12.0 Å². The van der Waals surface area contributed by atoms with Crippen molar-refractivity contribution in [3.8, 4) is 17.2 Å². The maximum Gasteiger partial charge on any atom is 0.165 e. The van der Waals surface area contributed by atoms with Crippen molar-refractivity contribution in [1.82, 2.24) is 4.98 Å². The van der Waals surface area contributed by atoms with E-state index in [-0.39, 0.29) is 5.41 Å². The fourth-order valence-corrected chi connectivity index (χ4v) is 4.88. The summed E-state index contributed by atoms with van der Waals surface area (Å²) in [5.41, 5.74) is 4.25. The van der Waals surface area contributed by atoms with E-state index < -0.39 is 0 Å². The van der Waals surface area contributed by atoms with Crippen LogP contribution in [0.1, 0.15) is 16.8 Å². The van der Waals surface area contributed by atoms with Gasteiger partial charge in [0.15, 0.2) is 11.5 Å². The monoisotopic (exact) mass is 406 g/mol. The summed E-state index contributed by atoms with van der Waals surface area (Å²) in [5, 5.41) is 0.689. The molecule has 1 unspecified atom stereocenters. The van der Waals surface area contributed by atoms with Crippen molar-refractivity contribution in [2.75, 3.05) is 31.3 Å². The summed E-state index contributed by atoms with van der Waals surface area (Å²) in [7, 11) is 0. The summed E-state index contributed by atoms with van der Waals surface area (Å²) in [5.74, 6) is 2.43. The number of hydrogen-bond donors (Lipinski definition) is 0. The lowest BCUT2D eigenvalue weighted by Gasteiger charge is -2.26. The topological polar surface area (TPSA) is 43.8 Å². The summed E-state index contributed by atoms with van der Waals surface area (Å²) >= 11 is 6.40. The first-order chi connectivity index (χ1) is 14.2. The van der Waals surface area contributed by atoms with Crippen molar-refractivity contribution >= 4 is 17.3 Å². The molecule has 3 aromatic rings. The molecule has 0 bridgehead atoms. The fraction of sp³-hybridized carbons (Fsp3) is 0.261. The molecule has 0 fully saturated rings. The van der Waals surface area contributed by atoms with E-state index in [4.69, 9.17) is 25.8 Å². The Morgan fingerprint density at radius 1 is 0.931 bits per heavy atom. The van der Waals surface area contributed by atoms with Crippen LogP contribution in [0.3, 0.4) is 0 Å². The normalized spacial score (nSPS) is 21.1. The molecule has 4 heterocycles. The molecule has 0 saturated carbocycles. The van der Waals surface area contributed by atoms with E-state index in [1.54, 1.807) is 6.20 Å². The molecule has 0 N–H and O–H groups in total. The van der Waals surface area contributed by atoms with E-state index in [2.05, 4.69) is 40.2 Å². The zero-order chi connectivity index (χ0) is 19.4. The molecular formula is C23H19ClN2O3. The number of rotatable bonds is 2. The molecule has 6 heteroatoms. The van der Waals surface area contributed by atoms with E-state index in [1.807, 2.05) is 18.2 Å². The lowest BCUT2D eigenvalue weighted by molar-refractivity contribution is 0.171. The van der Waals surface area contributed by atoms with Crippen LogP contribution in [0.25, 0.3) is 0 Å². The number of pyridine rings is 1. The number of hydrogen-bond acceptors (Lipinski definition) is 5. The smallest absolute Gasteiger partial charge is 0.165 e. The zero-order valence-electron chi connectivity index (χ0n) is 15.7. The van der Waals surface area contributed by atoms with Gasteiger partial charge in [0.1, 0.15) is 25.6 Å². The van der Waals surface area contributed by atoms with Crippen LogP contribution in [-0.2, 0) is 12.0 Å². The van der Waals surface area contributed by atoms with Gasteiger partial charge in [-0.05, 0) is 29.8 Å². The quantitative estimate of drug-likeness (QED) is 0.638. The Morgan fingerprint density at radius 2 is 1.76 bits per heavy atom. The van der Waals surface area contributed by atoms with Crippen molar-refractivity contribution in [2.24, 2.45) is 0 Å². The fourth-order valence-electron chi connectivity index (χ4n) is 4.70. The van der Waals surface area contributed by atoms with Gasteiger partial charge in [-0.1, -0.05) is 29.8 Å². The van der Waals surface area contributed by atoms with E-state index in [9.17, 15) is 0 Å². The van der Waals surface area contributed by atoms with Crippen molar-refractivity contribution in [3.63, 3.8) is 0 Å². The van der Waals surface area contributed by atoms with Crippen LogP contribution >= 0.6 is 11.6 Å². The highest BCUT2D eigenvalue weighted by Crippen LogP contribution is 2.54. The highest BCUT2D eigenvalue weighted by atomic mass is 35.5. The third kappa shape index (κ3) is 2.50. The van der Waals surface area contributed by atoms with Crippen LogP contribution in [0.4, 0.5) is 5.69 Å². The van der Waals surface area contributed by atoms with E-state index in [0.29, 0.717) is 31.4 Å². The highest BCUT2D eigenvalue weighted by Gasteiger charge is 2.50. The molecule has 1 aromatic heterocycles. The van der Waals surface area contributed by atoms with Gasteiger partial charge in [0, 0.05) is 30.1 Å². The molecule has 1 spiro atoms. The molecule has 1 atom stereocenters. The molecule has 0 saturated heterocycles. The number of fused-ring (bicyclic) bond motifs is 5. The van der Waals surface area contributed by atoms with Gasteiger partial charge in [0.05, 0.1) is 22.7 Å².